The fourth-order valence-corrected chi connectivity index (χ4v) is 6.48. The van der Waals surface area contributed by atoms with E-state index in [2.05, 4.69) is 15.6 Å². The smallest absolute Gasteiger partial charge is 0.437 e. The number of aliphatic imine (C=N–C) groups is 1. The quantitative estimate of drug-likeness (QED) is 0.134. The van der Waals surface area contributed by atoms with Crippen LogP contribution in [-0.4, -0.2) is 107 Å². The molecule has 13 heteroatoms. The molecule has 3 aliphatic rings. The molecule has 0 radical (unpaired) electrons. The van der Waals surface area contributed by atoms with Gasteiger partial charge >= 0.3 is 18.2 Å². The Balaban J connectivity index is 1.57. The molecule has 2 saturated heterocycles. The number of piperidine rings is 2. The van der Waals surface area contributed by atoms with Gasteiger partial charge in [-0.25, -0.2) is 9.59 Å². The first-order chi connectivity index (χ1) is 22.8. The number of hydrogen-bond donors (Lipinski definition) is 2. The Bertz CT molecular complexity index is 1140. The van der Waals surface area contributed by atoms with Gasteiger partial charge in [-0.3, -0.25) is 14.9 Å². The lowest BCUT2D eigenvalue weighted by atomic mass is 9.97. The maximum atomic E-state index is 14.0. The molecular formula is C36H63N5O8. The molecule has 1 aliphatic carbocycles. The van der Waals surface area contributed by atoms with Crippen LogP contribution < -0.4 is 10.6 Å². The first-order valence-electron chi connectivity index (χ1n) is 18.2. The van der Waals surface area contributed by atoms with Crippen molar-refractivity contribution in [1.82, 2.24) is 20.4 Å². The SMILES string of the molecule is CC(C)(C)OC(=O)C[C@H](NC1CCCC1)C(=O)N1CCCC[C@@H]1CCOC1CCN(C(=NC(=O)OC(C)(C)C)NC(=O)OC(C)(C)C)CC1. The molecule has 2 heterocycles. The van der Waals surface area contributed by atoms with Crippen molar-refractivity contribution in [3.63, 3.8) is 0 Å². The summed E-state index contributed by atoms with van der Waals surface area (Å²) in [4.78, 5) is 59.8. The number of guanidine groups is 1. The number of nitrogens with one attached hydrogen (secondary N) is 2. The number of rotatable bonds is 9. The highest BCUT2D eigenvalue weighted by atomic mass is 16.6. The second kappa shape index (κ2) is 17.8. The molecule has 0 aromatic heterocycles. The summed E-state index contributed by atoms with van der Waals surface area (Å²) in [5, 5.41) is 6.15. The Morgan fingerprint density at radius 3 is 1.94 bits per heavy atom. The van der Waals surface area contributed by atoms with E-state index in [-0.39, 0.29) is 42.4 Å². The zero-order valence-corrected chi connectivity index (χ0v) is 31.5. The Labute approximate surface area is 293 Å². The van der Waals surface area contributed by atoms with Crippen molar-refractivity contribution < 1.29 is 38.1 Å². The highest BCUT2D eigenvalue weighted by Crippen LogP contribution is 2.25. The molecule has 0 aromatic rings. The van der Waals surface area contributed by atoms with Crippen molar-refractivity contribution in [2.45, 2.75) is 174 Å². The van der Waals surface area contributed by atoms with E-state index >= 15 is 0 Å². The maximum Gasteiger partial charge on any atom is 0.437 e. The van der Waals surface area contributed by atoms with Gasteiger partial charge in [0.15, 0.2) is 0 Å². The first kappa shape index (κ1) is 40.5. The van der Waals surface area contributed by atoms with Gasteiger partial charge in [-0.05, 0) is 114 Å². The predicted molar refractivity (Wildman–Crippen MR) is 187 cm³/mol. The van der Waals surface area contributed by atoms with Gasteiger partial charge in [0.2, 0.25) is 11.9 Å². The number of esters is 1. The molecular weight excluding hydrogens is 630 g/mol. The molecule has 1 saturated carbocycles. The van der Waals surface area contributed by atoms with E-state index in [4.69, 9.17) is 18.9 Å². The summed E-state index contributed by atoms with van der Waals surface area (Å²) < 4.78 is 22.7. The minimum Gasteiger partial charge on any atom is -0.460 e. The van der Waals surface area contributed by atoms with Crippen LogP contribution in [0.3, 0.4) is 0 Å². The molecule has 2 atom stereocenters. The number of carbonyl (C=O) groups excluding carboxylic acids is 4. The van der Waals surface area contributed by atoms with Crippen LogP contribution in [0, 0.1) is 0 Å². The lowest BCUT2D eigenvalue weighted by molar-refractivity contribution is -0.158. The number of ether oxygens (including phenoxy) is 4. The van der Waals surface area contributed by atoms with Crippen LogP contribution in [0.25, 0.3) is 0 Å². The number of carbonyl (C=O) groups is 4. The van der Waals surface area contributed by atoms with Crippen molar-refractivity contribution in [2.75, 3.05) is 26.2 Å². The van der Waals surface area contributed by atoms with Gasteiger partial charge in [0.25, 0.3) is 0 Å². The highest BCUT2D eigenvalue weighted by Gasteiger charge is 2.36. The van der Waals surface area contributed by atoms with E-state index in [1.807, 2.05) is 30.6 Å². The molecule has 2 N–H and O–H groups in total. The number of nitrogens with zero attached hydrogens (tertiary/aromatic N) is 3. The number of hydrogen-bond acceptors (Lipinski definition) is 9. The summed E-state index contributed by atoms with van der Waals surface area (Å²) >= 11 is 0. The molecule has 280 valence electrons. The minimum absolute atomic E-state index is 0.0164. The molecule has 13 nitrogen and oxygen atoms in total. The van der Waals surface area contributed by atoms with Gasteiger partial charge in [-0.2, -0.15) is 0 Å². The predicted octanol–water partition coefficient (Wildman–Crippen LogP) is 5.69. The first-order valence-corrected chi connectivity index (χ1v) is 18.2. The summed E-state index contributed by atoms with van der Waals surface area (Å²) in [5.74, 6) is -0.296. The van der Waals surface area contributed by atoms with Crippen molar-refractivity contribution >= 4 is 30.0 Å². The van der Waals surface area contributed by atoms with E-state index in [9.17, 15) is 19.2 Å². The second-order valence-electron chi connectivity index (χ2n) is 16.6. The third kappa shape index (κ3) is 15.2. The van der Waals surface area contributed by atoms with Crippen LogP contribution in [0.5, 0.6) is 0 Å². The van der Waals surface area contributed by atoms with E-state index < -0.39 is 35.0 Å². The zero-order valence-electron chi connectivity index (χ0n) is 31.5. The van der Waals surface area contributed by atoms with Gasteiger partial charge in [0.05, 0.1) is 18.6 Å². The van der Waals surface area contributed by atoms with Crippen LogP contribution in [0.1, 0.15) is 133 Å². The Morgan fingerprint density at radius 2 is 1.35 bits per heavy atom. The van der Waals surface area contributed by atoms with Gasteiger partial charge in [0, 0.05) is 38.3 Å². The third-order valence-electron chi connectivity index (χ3n) is 8.54. The standard InChI is InChI=1S/C36H63N5O8/c1-34(2,3)47-29(42)24-28(37-25-14-10-11-15-25)30(43)41-20-13-12-16-26(41)19-23-46-27-17-21-40(22-18-27)31(38-32(44)48-35(4,5)6)39-33(45)49-36(7,8)9/h25-28,37H,10-24H2,1-9H3,(H,38,39,44,45)/t26-,28+/m1/s1. The lowest BCUT2D eigenvalue weighted by Gasteiger charge is -2.39. The van der Waals surface area contributed by atoms with Gasteiger partial charge in [-0.15, -0.1) is 4.99 Å². The second-order valence-corrected chi connectivity index (χ2v) is 16.6. The average molecular weight is 694 g/mol. The van der Waals surface area contributed by atoms with Gasteiger partial charge < -0.3 is 34.1 Å². The van der Waals surface area contributed by atoms with E-state index in [0.717, 1.165) is 44.9 Å². The molecule has 49 heavy (non-hydrogen) atoms. The van der Waals surface area contributed by atoms with Crippen molar-refractivity contribution in [2.24, 2.45) is 4.99 Å². The van der Waals surface area contributed by atoms with Crippen LogP contribution in [0.2, 0.25) is 0 Å². The zero-order chi connectivity index (χ0) is 36.4. The van der Waals surface area contributed by atoms with Gasteiger partial charge in [-0.1, -0.05) is 12.8 Å². The van der Waals surface area contributed by atoms with Crippen LogP contribution in [0.15, 0.2) is 4.99 Å². The monoisotopic (exact) mass is 693 g/mol. The highest BCUT2D eigenvalue weighted by molar-refractivity contribution is 5.99. The van der Waals surface area contributed by atoms with Crippen LogP contribution in [-0.2, 0) is 28.5 Å². The number of likely N-dealkylation sites (tertiary alicyclic amines) is 2. The van der Waals surface area contributed by atoms with Crippen molar-refractivity contribution in [3.05, 3.63) is 0 Å². The van der Waals surface area contributed by atoms with Crippen LogP contribution >= 0.6 is 0 Å². The van der Waals surface area contributed by atoms with Crippen LogP contribution in [0.4, 0.5) is 9.59 Å². The average Bonchev–Trinajstić information content (AvgIpc) is 3.47. The van der Waals surface area contributed by atoms with E-state index in [0.29, 0.717) is 45.5 Å². The lowest BCUT2D eigenvalue weighted by Crippen LogP contribution is -2.55. The molecule has 0 unspecified atom stereocenters. The Morgan fingerprint density at radius 1 is 0.755 bits per heavy atom. The molecule has 3 fully saturated rings. The number of amides is 3. The van der Waals surface area contributed by atoms with Gasteiger partial charge in [0.1, 0.15) is 16.8 Å². The fourth-order valence-electron chi connectivity index (χ4n) is 6.48. The summed E-state index contributed by atoms with van der Waals surface area (Å²) in [6.45, 7) is 18.3. The largest absolute Gasteiger partial charge is 0.460 e. The molecule has 0 aromatic carbocycles. The van der Waals surface area contributed by atoms with Crippen molar-refractivity contribution in [3.8, 4) is 0 Å². The molecule has 0 bridgehead atoms. The third-order valence-corrected chi connectivity index (χ3v) is 8.54. The normalized spacial score (nSPS) is 20.9. The summed E-state index contributed by atoms with van der Waals surface area (Å²) in [5.41, 5.74) is -2.06. The summed E-state index contributed by atoms with van der Waals surface area (Å²) in [6, 6.07) is -0.323. The molecule has 0 spiro atoms. The Hall–Kier alpha value is -2.93. The van der Waals surface area contributed by atoms with Crippen molar-refractivity contribution in [1.29, 1.82) is 0 Å². The number of alkyl carbamates (subject to hydrolysis) is 1. The Kier molecular flexibility index (Phi) is 14.7. The van der Waals surface area contributed by atoms with E-state index in [1.54, 1.807) is 41.5 Å². The topological polar surface area (TPSA) is 148 Å². The summed E-state index contributed by atoms with van der Waals surface area (Å²) in [6.07, 6.45) is 7.72. The molecule has 3 rings (SSSR count). The summed E-state index contributed by atoms with van der Waals surface area (Å²) in [7, 11) is 0. The fraction of sp³-hybridized carbons (Fsp3) is 0.861. The molecule has 3 amide bonds. The maximum absolute atomic E-state index is 14.0. The van der Waals surface area contributed by atoms with E-state index in [1.165, 1.54) is 0 Å². The molecule has 2 aliphatic heterocycles. The minimum atomic E-state index is -0.796.